The number of benzene rings is 7. The van der Waals surface area contributed by atoms with Gasteiger partial charge in [-0.15, -0.1) is 11.3 Å². The average molecular weight is 687 g/mol. The van der Waals surface area contributed by atoms with Crippen molar-refractivity contribution in [2.45, 2.75) is 6.23 Å². The number of carbonyl (C=O) groups excluding carboxylic acids is 1. The highest BCUT2D eigenvalue weighted by atomic mass is 32.1. The van der Waals surface area contributed by atoms with Gasteiger partial charge in [0.25, 0.3) is 5.91 Å². The molecule has 10 aromatic rings. The van der Waals surface area contributed by atoms with E-state index in [1.54, 1.807) is 24.3 Å². The molecule has 1 aliphatic rings. The highest BCUT2D eigenvalue weighted by molar-refractivity contribution is 7.25. The number of carbonyl (C=O) groups is 1. The fourth-order valence-electron chi connectivity index (χ4n) is 8.40. The first-order valence-corrected chi connectivity index (χ1v) is 17.9. The third-order valence-electron chi connectivity index (χ3n) is 10.6. The third kappa shape index (κ3) is 3.82. The van der Waals surface area contributed by atoms with Gasteiger partial charge in [-0.25, -0.2) is 0 Å². The van der Waals surface area contributed by atoms with Crippen LogP contribution in [-0.4, -0.2) is 20.1 Å². The van der Waals surface area contributed by atoms with Crippen molar-refractivity contribution in [1.82, 2.24) is 9.13 Å². The van der Waals surface area contributed by atoms with Crippen LogP contribution in [0.5, 0.6) is 0 Å². The summed E-state index contributed by atoms with van der Waals surface area (Å²) in [7, 11) is 0. The molecule has 11 rings (SSSR count). The molecule has 6 nitrogen and oxygen atoms in total. The van der Waals surface area contributed by atoms with Gasteiger partial charge in [0.2, 0.25) is 0 Å². The molecule has 0 saturated carbocycles. The van der Waals surface area contributed by atoms with Crippen LogP contribution in [0.4, 0.5) is 5.69 Å². The molecule has 1 atom stereocenters. The molecule has 0 fully saturated rings. The van der Waals surface area contributed by atoms with E-state index in [9.17, 15) is 15.2 Å². The zero-order valence-electron chi connectivity index (χ0n) is 27.5. The molecule has 0 radical (unpaired) electrons. The maximum Gasteiger partial charge on any atom is 0.261 e. The number of aliphatic hydroxyl groups excluding tert-OH is 1. The number of anilines is 1. The first kappa shape index (κ1) is 29.1. The second kappa shape index (κ2) is 10.6. The van der Waals surface area contributed by atoms with Gasteiger partial charge in [-0.3, -0.25) is 9.69 Å². The van der Waals surface area contributed by atoms with Gasteiger partial charge >= 0.3 is 0 Å². The summed E-state index contributed by atoms with van der Waals surface area (Å²) < 4.78 is 7.00. The zero-order chi connectivity index (χ0) is 34.7. The molecule has 1 unspecified atom stereocenters. The van der Waals surface area contributed by atoms with Crippen molar-refractivity contribution in [3.8, 4) is 17.4 Å². The molecular formula is C45H26N4O2S. The van der Waals surface area contributed by atoms with Gasteiger partial charge in [-0.1, -0.05) is 78.9 Å². The first-order valence-electron chi connectivity index (χ1n) is 17.1. The molecule has 7 aromatic carbocycles. The van der Waals surface area contributed by atoms with Crippen LogP contribution >= 0.6 is 11.3 Å². The van der Waals surface area contributed by atoms with Crippen molar-refractivity contribution in [3.63, 3.8) is 0 Å². The maximum absolute atomic E-state index is 14.0. The van der Waals surface area contributed by atoms with Crippen LogP contribution in [0.3, 0.4) is 0 Å². The second-order valence-electron chi connectivity index (χ2n) is 13.3. The average Bonchev–Trinajstić information content (AvgIpc) is 3.90. The number of hydrogen-bond acceptors (Lipinski definition) is 4. The molecule has 4 heterocycles. The number of thiophene rings is 1. The fraction of sp³-hybridized carbons (Fsp3) is 0.0222. The lowest BCUT2D eigenvalue weighted by molar-refractivity contribution is 0.0935. The van der Waals surface area contributed by atoms with Crippen molar-refractivity contribution >= 4 is 86.7 Å². The quantitative estimate of drug-likeness (QED) is 0.201. The Labute approximate surface area is 300 Å². The standard InChI is InChI=1S/C45H26N4O2S/c46-25-26-10-9-18-38(43(26)49-44(50)31-14-1-2-15-32(31)45(49)51)48-37-17-7-4-12-29(37)34-23-33-28-11-3-6-16-36(28)47(39(33)24-40(34)48)27-20-21-42-35(22-27)30-13-5-8-19-41(30)52-42/h1-24,44,50H. The van der Waals surface area contributed by atoms with Crippen LogP contribution < -0.4 is 4.90 Å². The molecule has 0 saturated heterocycles. The van der Waals surface area contributed by atoms with Gasteiger partial charge in [-0.05, 0) is 66.7 Å². The van der Waals surface area contributed by atoms with Crippen LogP contribution in [0.15, 0.2) is 146 Å². The van der Waals surface area contributed by atoms with E-state index < -0.39 is 6.23 Å². The van der Waals surface area contributed by atoms with Gasteiger partial charge < -0.3 is 14.2 Å². The zero-order valence-corrected chi connectivity index (χ0v) is 28.3. The van der Waals surface area contributed by atoms with Crippen molar-refractivity contribution in [1.29, 1.82) is 5.26 Å². The number of nitriles is 1. The molecule has 1 amide bonds. The molecule has 0 spiro atoms. The van der Waals surface area contributed by atoms with E-state index in [0.717, 1.165) is 49.3 Å². The van der Waals surface area contributed by atoms with Gasteiger partial charge in [0.15, 0.2) is 6.23 Å². The molecular weight excluding hydrogens is 661 g/mol. The summed E-state index contributed by atoms with van der Waals surface area (Å²) in [6.45, 7) is 0. The summed E-state index contributed by atoms with van der Waals surface area (Å²) in [4.78, 5) is 15.4. The largest absolute Gasteiger partial charge is 0.369 e. The summed E-state index contributed by atoms with van der Waals surface area (Å²) >= 11 is 1.81. The lowest BCUT2D eigenvalue weighted by atomic mass is 10.1. The number of aromatic nitrogens is 2. The highest BCUT2D eigenvalue weighted by Crippen LogP contribution is 2.45. The molecule has 1 aliphatic heterocycles. The Bertz CT molecular complexity index is 3210. The SMILES string of the molecule is N#Cc1cccc(-n2c3ccccc3c3cc4c5ccccc5n(-c5ccc6sc7ccccc7c6c5)c4cc32)c1N1C(=O)c2ccccc2C1O. The number of rotatable bonds is 3. The minimum Gasteiger partial charge on any atom is -0.369 e. The van der Waals surface area contributed by atoms with Crippen LogP contribution in [0.2, 0.25) is 0 Å². The number of fused-ring (bicyclic) bond motifs is 10. The summed E-state index contributed by atoms with van der Waals surface area (Å²) in [5.41, 5.74) is 7.34. The summed E-state index contributed by atoms with van der Waals surface area (Å²) in [6, 6.07) is 51.5. The van der Waals surface area contributed by atoms with Crippen molar-refractivity contribution < 1.29 is 9.90 Å². The Morgan fingerprint density at radius 1 is 0.577 bits per heavy atom. The molecule has 1 N–H and O–H groups in total. The van der Waals surface area contributed by atoms with Crippen LogP contribution in [0, 0.1) is 11.3 Å². The van der Waals surface area contributed by atoms with Crippen molar-refractivity contribution in [2.24, 2.45) is 0 Å². The van der Waals surface area contributed by atoms with Crippen LogP contribution in [0.25, 0.3) is 75.2 Å². The van der Waals surface area contributed by atoms with E-state index >= 15 is 0 Å². The minimum atomic E-state index is -1.23. The van der Waals surface area contributed by atoms with E-state index in [1.165, 1.54) is 25.1 Å². The predicted octanol–water partition coefficient (Wildman–Crippen LogP) is 10.8. The van der Waals surface area contributed by atoms with Gasteiger partial charge in [0.05, 0.1) is 39.0 Å². The number of aliphatic hydroxyl groups is 1. The van der Waals surface area contributed by atoms with Crippen LogP contribution in [-0.2, 0) is 0 Å². The lowest BCUT2D eigenvalue weighted by Crippen LogP contribution is -2.29. The van der Waals surface area contributed by atoms with E-state index in [1.807, 2.05) is 41.7 Å². The summed E-state index contributed by atoms with van der Waals surface area (Å²) in [5.74, 6) is -0.341. The van der Waals surface area contributed by atoms with Crippen molar-refractivity contribution in [3.05, 3.63) is 162 Å². The van der Waals surface area contributed by atoms with E-state index in [-0.39, 0.29) is 5.91 Å². The Hall–Kier alpha value is -6.72. The van der Waals surface area contributed by atoms with Gasteiger partial charge in [0.1, 0.15) is 6.07 Å². The third-order valence-corrected chi connectivity index (χ3v) is 11.8. The topological polar surface area (TPSA) is 74.2 Å². The van der Waals surface area contributed by atoms with E-state index in [0.29, 0.717) is 28.1 Å². The minimum absolute atomic E-state index is 0.301. The van der Waals surface area contributed by atoms with Crippen molar-refractivity contribution in [2.75, 3.05) is 4.90 Å². The molecule has 0 bridgehead atoms. The van der Waals surface area contributed by atoms with Gasteiger partial charge in [0, 0.05) is 58.5 Å². The highest BCUT2D eigenvalue weighted by Gasteiger charge is 2.39. The number of nitrogens with zero attached hydrogens (tertiary/aromatic N) is 4. The second-order valence-corrected chi connectivity index (χ2v) is 14.4. The van der Waals surface area contributed by atoms with Crippen LogP contribution in [0.1, 0.15) is 27.7 Å². The molecule has 52 heavy (non-hydrogen) atoms. The molecule has 0 aliphatic carbocycles. The fourth-order valence-corrected chi connectivity index (χ4v) is 9.48. The molecule has 3 aromatic heterocycles. The maximum atomic E-state index is 14.0. The molecule has 7 heteroatoms. The Balaban J connectivity index is 1.24. The Kier molecular flexibility index (Phi) is 5.95. The summed E-state index contributed by atoms with van der Waals surface area (Å²) in [5, 5.41) is 28.9. The lowest BCUT2D eigenvalue weighted by Gasteiger charge is -2.26. The smallest absolute Gasteiger partial charge is 0.261 e. The van der Waals surface area contributed by atoms with E-state index in [2.05, 4.69) is 106 Å². The number of para-hydroxylation sites is 3. The number of amides is 1. The summed E-state index contributed by atoms with van der Waals surface area (Å²) in [6.07, 6.45) is -1.23. The number of hydrogen-bond donors (Lipinski definition) is 1. The Morgan fingerprint density at radius 3 is 2.00 bits per heavy atom. The van der Waals surface area contributed by atoms with Gasteiger partial charge in [-0.2, -0.15) is 5.26 Å². The predicted molar refractivity (Wildman–Crippen MR) is 211 cm³/mol. The normalized spacial score (nSPS) is 14.4. The first-order chi connectivity index (χ1) is 25.6. The van der Waals surface area contributed by atoms with E-state index in [4.69, 9.17) is 0 Å². The monoisotopic (exact) mass is 686 g/mol. The Morgan fingerprint density at radius 2 is 1.23 bits per heavy atom. The molecule has 244 valence electrons.